The van der Waals surface area contributed by atoms with Crippen LogP contribution in [0, 0.1) is 0 Å². The summed E-state index contributed by atoms with van der Waals surface area (Å²) in [4.78, 5) is 30.2. The molecule has 10 heteroatoms. The fourth-order valence-electron chi connectivity index (χ4n) is 3.90. The van der Waals surface area contributed by atoms with Crippen LogP contribution < -0.4 is 10.9 Å². The van der Waals surface area contributed by atoms with Gasteiger partial charge in [0.1, 0.15) is 0 Å². The summed E-state index contributed by atoms with van der Waals surface area (Å²) in [6.07, 6.45) is -4.15. The Balaban J connectivity index is 1.73. The summed E-state index contributed by atoms with van der Waals surface area (Å²) in [5.74, 6) is -0.738. The fourth-order valence-corrected chi connectivity index (χ4v) is 3.90. The van der Waals surface area contributed by atoms with Crippen molar-refractivity contribution in [3.8, 4) is 11.3 Å². The Hall–Kier alpha value is -3.78. The number of benzene rings is 2. The van der Waals surface area contributed by atoms with E-state index in [-0.39, 0.29) is 35.1 Å². The predicted molar refractivity (Wildman–Crippen MR) is 108 cm³/mol. The number of pyridine rings is 1. The number of alkyl halides is 3. The molecule has 158 valence electrons. The van der Waals surface area contributed by atoms with Crippen LogP contribution in [-0.2, 0) is 11.0 Å². The Bertz CT molecular complexity index is 1280. The molecule has 1 aliphatic rings. The third-order valence-corrected chi connectivity index (χ3v) is 5.34. The van der Waals surface area contributed by atoms with Crippen molar-refractivity contribution in [2.24, 2.45) is 5.11 Å². The Labute approximate surface area is 173 Å². The highest BCUT2D eigenvalue weighted by molar-refractivity contribution is 5.90. The topological polar surface area (TPSA) is 111 Å². The highest BCUT2D eigenvalue weighted by Crippen LogP contribution is 2.37. The van der Waals surface area contributed by atoms with Crippen molar-refractivity contribution in [1.82, 2.24) is 10.3 Å². The molecule has 1 unspecified atom stereocenters. The van der Waals surface area contributed by atoms with Crippen molar-refractivity contribution in [2.45, 2.75) is 24.6 Å². The number of amides is 1. The van der Waals surface area contributed by atoms with E-state index in [9.17, 15) is 22.8 Å². The molecule has 0 spiro atoms. The molecule has 0 saturated carbocycles. The first-order valence-corrected chi connectivity index (χ1v) is 9.42. The fraction of sp³-hybridized carbons (Fsp3) is 0.238. The van der Waals surface area contributed by atoms with Crippen molar-refractivity contribution in [2.75, 3.05) is 6.54 Å². The first-order valence-electron chi connectivity index (χ1n) is 9.42. The lowest BCUT2D eigenvalue weighted by Crippen LogP contribution is -2.28. The summed E-state index contributed by atoms with van der Waals surface area (Å²) in [7, 11) is 0. The van der Waals surface area contributed by atoms with Crippen molar-refractivity contribution in [3.63, 3.8) is 0 Å². The van der Waals surface area contributed by atoms with Crippen molar-refractivity contribution >= 4 is 16.7 Å². The Morgan fingerprint density at radius 2 is 1.90 bits per heavy atom. The number of rotatable bonds is 4. The highest BCUT2D eigenvalue weighted by atomic mass is 19.4. The van der Waals surface area contributed by atoms with Gasteiger partial charge in [0.05, 0.1) is 11.5 Å². The lowest BCUT2D eigenvalue weighted by molar-refractivity contribution is -0.137. The maximum absolute atomic E-state index is 13.4. The highest BCUT2D eigenvalue weighted by Gasteiger charge is 2.34. The Kier molecular flexibility index (Phi) is 5.16. The van der Waals surface area contributed by atoms with E-state index in [4.69, 9.17) is 5.53 Å². The van der Waals surface area contributed by atoms with Crippen molar-refractivity contribution in [1.29, 1.82) is 0 Å². The van der Waals surface area contributed by atoms with Crippen LogP contribution in [-0.4, -0.2) is 23.5 Å². The standard InChI is InChI=1S/C21H16F3N5O2/c22-21(23,24)17-4-2-1-3-14(17)18-8-12-6-5-11(7-15(12)20(31)28-18)16-9-13(10-26-29-25)27-19(16)30/h1-8,13,16H,9-10H2,(H,27,30)(H,28,31)/t13?,16-/m0/s1. The van der Waals surface area contributed by atoms with Gasteiger partial charge in [-0.1, -0.05) is 35.4 Å². The number of hydrogen-bond donors (Lipinski definition) is 2. The number of fused-ring (bicyclic) bond motifs is 1. The average molecular weight is 427 g/mol. The molecule has 1 aliphatic heterocycles. The second-order valence-electron chi connectivity index (χ2n) is 7.31. The van der Waals surface area contributed by atoms with Crippen LogP contribution in [0.2, 0.25) is 0 Å². The van der Waals surface area contributed by atoms with E-state index in [2.05, 4.69) is 20.3 Å². The zero-order chi connectivity index (χ0) is 22.2. The van der Waals surface area contributed by atoms with E-state index >= 15 is 0 Å². The number of aromatic nitrogens is 1. The molecule has 1 amide bonds. The summed E-state index contributed by atoms with van der Waals surface area (Å²) in [6, 6.07) is 11.1. The smallest absolute Gasteiger partial charge is 0.353 e. The largest absolute Gasteiger partial charge is 0.417 e. The van der Waals surface area contributed by atoms with Crippen molar-refractivity contribution < 1.29 is 18.0 Å². The number of carbonyl (C=O) groups excluding carboxylic acids is 1. The molecule has 3 aromatic rings. The van der Waals surface area contributed by atoms with Crippen molar-refractivity contribution in [3.05, 3.63) is 80.5 Å². The van der Waals surface area contributed by atoms with Crippen LogP contribution in [0.3, 0.4) is 0 Å². The molecule has 2 N–H and O–H groups in total. The Morgan fingerprint density at radius 3 is 2.65 bits per heavy atom. The SMILES string of the molecule is [N-]=[N+]=NCC1C[C@@H](c2ccc3cc(-c4ccccc4C(F)(F)F)[nH]c(=O)c3c2)C(=O)N1. The molecular formula is C21H16F3N5O2. The van der Waals surface area contributed by atoms with Gasteiger partial charge in [-0.05, 0) is 41.1 Å². The minimum atomic E-state index is -4.56. The molecule has 1 fully saturated rings. The monoisotopic (exact) mass is 427 g/mol. The third kappa shape index (κ3) is 3.97. The summed E-state index contributed by atoms with van der Waals surface area (Å²) >= 11 is 0. The number of carbonyl (C=O) groups is 1. The van der Waals surface area contributed by atoms with Crippen LogP contribution in [0.15, 0.2) is 58.4 Å². The quantitative estimate of drug-likeness (QED) is 0.363. The molecule has 2 heterocycles. The van der Waals surface area contributed by atoms with E-state index in [1.807, 2.05) is 0 Å². The van der Waals surface area contributed by atoms with Crippen LogP contribution in [0.4, 0.5) is 13.2 Å². The van der Waals surface area contributed by atoms with E-state index < -0.39 is 23.2 Å². The summed E-state index contributed by atoms with van der Waals surface area (Å²) in [5.41, 5.74) is 7.61. The van der Waals surface area contributed by atoms with Gasteiger partial charge in [0.25, 0.3) is 5.56 Å². The molecule has 2 atom stereocenters. The zero-order valence-electron chi connectivity index (χ0n) is 16.0. The molecule has 0 aliphatic carbocycles. The van der Waals surface area contributed by atoms with E-state index in [0.29, 0.717) is 17.4 Å². The normalized spacial score (nSPS) is 18.6. The van der Waals surface area contributed by atoms with E-state index in [0.717, 1.165) is 6.07 Å². The Morgan fingerprint density at radius 1 is 1.13 bits per heavy atom. The number of hydrogen-bond acceptors (Lipinski definition) is 3. The lowest BCUT2D eigenvalue weighted by Gasteiger charge is -2.14. The van der Waals surface area contributed by atoms with E-state index in [1.54, 1.807) is 18.2 Å². The van der Waals surface area contributed by atoms with Gasteiger partial charge in [-0.15, -0.1) is 0 Å². The number of nitrogens with zero attached hydrogens (tertiary/aromatic N) is 3. The number of aromatic amines is 1. The molecule has 0 radical (unpaired) electrons. The van der Waals surface area contributed by atoms with Gasteiger partial charge in [-0.3, -0.25) is 9.59 Å². The van der Waals surface area contributed by atoms with Gasteiger partial charge in [0.2, 0.25) is 5.91 Å². The molecule has 2 aromatic carbocycles. The third-order valence-electron chi connectivity index (χ3n) is 5.34. The number of H-pyrrole nitrogens is 1. The van der Waals surface area contributed by atoms with Gasteiger partial charge < -0.3 is 10.3 Å². The molecule has 31 heavy (non-hydrogen) atoms. The molecular weight excluding hydrogens is 411 g/mol. The maximum Gasteiger partial charge on any atom is 0.417 e. The van der Waals surface area contributed by atoms with Gasteiger partial charge in [0, 0.05) is 34.1 Å². The first kappa shape index (κ1) is 20.5. The number of nitrogens with one attached hydrogen (secondary N) is 2. The minimum absolute atomic E-state index is 0.0613. The molecule has 0 bridgehead atoms. The second-order valence-corrected chi connectivity index (χ2v) is 7.31. The van der Waals surface area contributed by atoms with Gasteiger partial charge in [0.15, 0.2) is 0 Å². The summed E-state index contributed by atoms with van der Waals surface area (Å²) in [5, 5.41) is 6.97. The molecule has 4 rings (SSSR count). The van der Waals surface area contributed by atoms with Gasteiger partial charge in [-0.2, -0.15) is 13.2 Å². The molecule has 7 nitrogen and oxygen atoms in total. The van der Waals surface area contributed by atoms with Crippen LogP contribution in [0.1, 0.15) is 23.5 Å². The maximum atomic E-state index is 13.4. The number of azide groups is 1. The van der Waals surface area contributed by atoms with E-state index in [1.165, 1.54) is 24.3 Å². The predicted octanol–water partition coefficient (Wildman–Crippen LogP) is 4.50. The van der Waals surface area contributed by atoms with Gasteiger partial charge >= 0.3 is 6.18 Å². The van der Waals surface area contributed by atoms with Gasteiger partial charge in [-0.25, -0.2) is 0 Å². The minimum Gasteiger partial charge on any atom is -0.353 e. The zero-order valence-corrected chi connectivity index (χ0v) is 16.0. The van der Waals surface area contributed by atoms with Crippen LogP contribution in [0.25, 0.3) is 32.5 Å². The molecule has 1 aromatic heterocycles. The lowest BCUT2D eigenvalue weighted by atomic mass is 9.93. The molecule has 1 saturated heterocycles. The summed E-state index contributed by atoms with van der Waals surface area (Å²) < 4.78 is 40.1. The summed E-state index contributed by atoms with van der Waals surface area (Å²) in [6.45, 7) is 0.134. The second kappa shape index (κ2) is 7.81. The number of halogens is 3. The van der Waals surface area contributed by atoms with Crippen LogP contribution in [0.5, 0.6) is 0 Å². The average Bonchev–Trinajstić information content (AvgIpc) is 3.12. The first-order chi connectivity index (χ1) is 14.8. The van der Waals surface area contributed by atoms with Crippen LogP contribution >= 0.6 is 0 Å².